The van der Waals surface area contributed by atoms with Crippen LogP contribution in [0.25, 0.3) is 0 Å². The summed E-state index contributed by atoms with van der Waals surface area (Å²) >= 11 is 0. The number of anilines is 2. The second-order valence-corrected chi connectivity index (χ2v) is 8.88. The van der Waals surface area contributed by atoms with Crippen molar-refractivity contribution in [1.29, 1.82) is 0 Å². The highest BCUT2D eigenvalue weighted by Gasteiger charge is 2.36. The first kappa shape index (κ1) is 21.3. The number of nitrogen functional groups attached to an aromatic ring is 1. The highest BCUT2D eigenvalue weighted by Crippen LogP contribution is 2.36. The number of nitrogens with two attached hydrogens (primary N) is 1. The number of Topliss-reactive ketones (excluding diaryl/α,β-unsaturated/α-hetero) is 1. The lowest BCUT2D eigenvalue weighted by Crippen LogP contribution is -2.52. The molecule has 0 bridgehead atoms. The number of nitrogens with one attached hydrogen (secondary N) is 1. The summed E-state index contributed by atoms with van der Waals surface area (Å²) in [6.07, 6.45) is 3.85. The Morgan fingerprint density at radius 2 is 1.82 bits per heavy atom. The van der Waals surface area contributed by atoms with E-state index in [-0.39, 0.29) is 36.4 Å². The number of fused-ring (bicyclic) bond motifs is 1. The van der Waals surface area contributed by atoms with Crippen LogP contribution in [0.2, 0.25) is 0 Å². The molecule has 1 saturated carbocycles. The van der Waals surface area contributed by atoms with Crippen molar-refractivity contribution in [3.05, 3.63) is 50.7 Å². The van der Waals surface area contributed by atoms with E-state index in [0.717, 1.165) is 32.1 Å². The Kier molecular flexibility index (Phi) is 5.43. The number of aromatic nitrogens is 2. The van der Waals surface area contributed by atoms with Gasteiger partial charge in [0.05, 0.1) is 18.8 Å². The van der Waals surface area contributed by atoms with E-state index in [4.69, 9.17) is 10.5 Å². The minimum absolute atomic E-state index is 0.0865. The third kappa shape index (κ3) is 4.01. The predicted molar refractivity (Wildman–Crippen MR) is 122 cm³/mol. The van der Waals surface area contributed by atoms with Crippen LogP contribution in [0, 0.1) is 0 Å². The van der Waals surface area contributed by atoms with Gasteiger partial charge in [-0.1, -0.05) is 12.1 Å². The number of ether oxygens (including phenoxy) is 1. The summed E-state index contributed by atoms with van der Waals surface area (Å²) in [6.45, 7) is 1.42. The molecule has 1 aromatic heterocycles. The Morgan fingerprint density at radius 1 is 1.09 bits per heavy atom. The molecule has 1 atom stereocenters. The second-order valence-electron chi connectivity index (χ2n) is 8.88. The summed E-state index contributed by atoms with van der Waals surface area (Å²) in [4.78, 5) is 56.8. The molecular formula is C23H27N5O5. The molecule has 0 unspecified atom stereocenters. The number of para-hydroxylation sites is 2. The fraction of sp³-hybridized carbons (Fsp3) is 0.478. The number of nitrogens with zero attached hydrogens (tertiary/aromatic N) is 3. The topological polar surface area (TPSA) is 131 Å². The standard InChI is InChI=1S/C23H27N5O5/c24-20-19(21(30)25-23(32)28(20)14-8-9-14)16(29)12-27-13-18(22(31)26-10-4-1-5-11-26)33-17-7-3-2-6-15(17)27/h2-3,6-7,14,18H,1,4-5,8-13,24H2,(H,25,30,32)/t18-/m0/s1. The number of amides is 1. The first-order chi connectivity index (χ1) is 15.9. The van der Waals surface area contributed by atoms with Crippen LogP contribution in [0.1, 0.15) is 48.5 Å². The number of rotatable bonds is 5. The minimum Gasteiger partial charge on any atom is -0.477 e. The number of carbonyl (C=O) groups is 2. The van der Waals surface area contributed by atoms with E-state index in [9.17, 15) is 19.2 Å². The molecule has 0 spiro atoms. The SMILES string of the molecule is Nc1c(C(=O)CN2C[C@@H](C(=O)N3CCCCC3)Oc3ccccc32)c(=O)[nH]c(=O)n1C1CC1. The maximum atomic E-state index is 13.3. The van der Waals surface area contributed by atoms with Crippen LogP contribution in [-0.2, 0) is 4.79 Å². The Hall–Kier alpha value is -3.56. The molecule has 1 aromatic carbocycles. The molecule has 2 aromatic rings. The average molecular weight is 453 g/mol. The molecule has 3 N–H and O–H groups in total. The summed E-state index contributed by atoms with van der Waals surface area (Å²) < 4.78 is 7.30. The summed E-state index contributed by atoms with van der Waals surface area (Å²) in [5.74, 6) is -0.194. The number of hydrogen-bond acceptors (Lipinski definition) is 7. The lowest BCUT2D eigenvalue weighted by atomic mass is 10.1. The molecule has 2 fully saturated rings. The maximum absolute atomic E-state index is 13.3. The number of piperidine rings is 1. The van der Waals surface area contributed by atoms with Crippen LogP contribution in [0.4, 0.5) is 11.5 Å². The van der Waals surface area contributed by atoms with Gasteiger partial charge in [0.25, 0.3) is 11.5 Å². The Balaban J connectivity index is 1.43. The number of carbonyl (C=O) groups excluding carboxylic acids is 2. The molecule has 10 heteroatoms. The fourth-order valence-corrected chi connectivity index (χ4v) is 4.69. The van der Waals surface area contributed by atoms with Crippen LogP contribution < -0.4 is 26.6 Å². The molecule has 1 saturated heterocycles. The second kappa shape index (κ2) is 8.42. The number of H-pyrrole nitrogens is 1. The zero-order valence-corrected chi connectivity index (χ0v) is 18.3. The predicted octanol–water partition coefficient (Wildman–Crippen LogP) is 0.916. The molecule has 3 heterocycles. The molecule has 174 valence electrons. The van der Waals surface area contributed by atoms with E-state index < -0.39 is 23.1 Å². The Morgan fingerprint density at radius 3 is 2.55 bits per heavy atom. The van der Waals surface area contributed by atoms with Gasteiger partial charge < -0.3 is 20.3 Å². The summed E-state index contributed by atoms with van der Waals surface area (Å²) in [6, 6.07) is 7.11. The molecule has 5 rings (SSSR count). The quantitative estimate of drug-likeness (QED) is 0.644. The molecule has 1 amide bonds. The van der Waals surface area contributed by atoms with Crippen molar-refractivity contribution in [2.75, 3.05) is 36.8 Å². The number of likely N-dealkylation sites (tertiary alicyclic amines) is 1. The van der Waals surface area contributed by atoms with Crippen molar-refractivity contribution in [2.24, 2.45) is 0 Å². The Labute approximate surface area is 189 Å². The normalized spacial score (nSPS) is 20.2. The largest absolute Gasteiger partial charge is 0.477 e. The zero-order valence-electron chi connectivity index (χ0n) is 18.3. The maximum Gasteiger partial charge on any atom is 0.330 e. The van der Waals surface area contributed by atoms with E-state index in [2.05, 4.69) is 4.98 Å². The first-order valence-electron chi connectivity index (χ1n) is 11.4. The zero-order chi connectivity index (χ0) is 23.1. The number of ketones is 1. The highest BCUT2D eigenvalue weighted by molar-refractivity contribution is 6.03. The van der Waals surface area contributed by atoms with E-state index >= 15 is 0 Å². The van der Waals surface area contributed by atoms with E-state index in [1.807, 2.05) is 17.0 Å². The lowest BCUT2D eigenvalue weighted by Gasteiger charge is -2.38. The summed E-state index contributed by atoms with van der Waals surface area (Å²) in [5, 5.41) is 0. The molecule has 0 radical (unpaired) electrons. The van der Waals surface area contributed by atoms with Crippen LogP contribution >= 0.6 is 0 Å². The van der Waals surface area contributed by atoms with Crippen LogP contribution in [0.3, 0.4) is 0 Å². The van der Waals surface area contributed by atoms with Crippen molar-refractivity contribution in [2.45, 2.75) is 44.2 Å². The van der Waals surface area contributed by atoms with Crippen molar-refractivity contribution in [1.82, 2.24) is 14.5 Å². The number of hydrogen-bond donors (Lipinski definition) is 2. The summed E-state index contributed by atoms with van der Waals surface area (Å²) in [5.41, 5.74) is 5.18. The molecule has 33 heavy (non-hydrogen) atoms. The number of benzene rings is 1. The number of aromatic amines is 1. The first-order valence-corrected chi connectivity index (χ1v) is 11.4. The summed E-state index contributed by atoms with van der Waals surface area (Å²) in [7, 11) is 0. The van der Waals surface area contributed by atoms with Crippen LogP contribution in [0.15, 0.2) is 33.9 Å². The Bertz CT molecular complexity index is 1210. The van der Waals surface area contributed by atoms with Gasteiger partial charge in [0.2, 0.25) is 0 Å². The van der Waals surface area contributed by atoms with Gasteiger partial charge in [0.1, 0.15) is 17.1 Å². The molecular weight excluding hydrogens is 426 g/mol. The van der Waals surface area contributed by atoms with Crippen molar-refractivity contribution < 1.29 is 14.3 Å². The van der Waals surface area contributed by atoms with Crippen molar-refractivity contribution in [3.63, 3.8) is 0 Å². The van der Waals surface area contributed by atoms with Crippen LogP contribution in [-0.4, -0.2) is 58.4 Å². The van der Waals surface area contributed by atoms with Crippen molar-refractivity contribution >= 4 is 23.2 Å². The van der Waals surface area contributed by atoms with Gasteiger partial charge in [-0.15, -0.1) is 0 Å². The monoisotopic (exact) mass is 453 g/mol. The molecule has 3 aliphatic rings. The highest BCUT2D eigenvalue weighted by atomic mass is 16.5. The fourth-order valence-electron chi connectivity index (χ4n) is 4.69. The van der Waals surface area contributed by atoms with Gasteiger partial charge in [-0.05, 0) is 44.2 Å². The van der Waals surface area contributed by atoms with Gasteiger partial charge in [0, 0.05) is 19.1 Å². The minimum atomic E-state index is -0.790. The third-order valence-electron chi connectivity index (χ3n) is 6.51. The molecule has 1 aliphatic carbocycles. The van der Waals surface area contributed by atoms with Crippen molar-refractivity contribution in [3.8, 4) is 5.75 Å². The lowest BCUT2D eigenvalue weighted by molar-refractivity contribution is -0.139. The van der Waals surface area contributed by atoms with E-state index in [0.29, 0.717) is 24.5 Å². The van der Waals surface area contributed by atoms with Gasteiger partial charge in [-0.2, -0.15) is 0 Å². The van der Waals surface area contributed by atoms with Gasteiger partial charge >= 0.3 is 5.69 Å². The van der Waals surface area contributed by atoms with Crippen LogP contribution in [0.5, 0.6) is 5.75 Å². The molecule has 2 aliphatic heterocycles. The molecule has 10 nitrogen and oxygen atoms in total. The smallest absolute Gasteiger partial charge is 0.330 e. The average Bonchev–Trinajstić information content (AvgIpc) is 3.64. The van der Waals surface area contributed by atoms with Gasteiger partial charge in [0.15, 0.2) is 11.9 Å². The van der Waals surface area contributed by atoms with E-state index in [1.54, 1.807) is 17.0 Å². The van der Waals surface area contributed by atoms with E-state index in [1.165, 1.54) is 4.57 Å². The van der Waals surface area contributed by atoms with Gasteiger partial charge in [-0.3, -0.25) is 23.9 Å². The third-order valence-corrected chi connectivity index (χ3v) is 6.51. The van der Waals surface area contributed by atoms with Gasteiger partial charge in [-0.25, -0.2) is 4.79 Å².